The van der Waals surface area contributed by atoms with E-state index in [4.69, 9.17) is 5.26 Å². The van der Waals surface area contributed by atoms with Crippen LogP contribution in [0.1, 0.15) is 31.0 Å². The predicted octanol–water partition coefficient (Wildman–Crippen LogP) is 0.977. The summed E-state index contributed by atoms with van der Waals surface area (Å²) in [6.07, 6.45) is 1.21. The van der Waals surface area contributed by atoms with E-state index in [9.17, 15) is 9.59 Å². The van der Waals surface area contributed by atoms with Gasteiger partial charge in [-0.3, -0.25) is 9.78 Å². The van der Waals surface area contributed by atoms with Crippen LogP contribution in [0.3, 0.4) is 0 Å². The second-order valence-electron chi connectivity index (χ2n) is 3.99. The van der Waals surface area contributed by atoms with Gasteiger partial charge in [-0.25, -0.2) is 14.3 Å². The van der Waals surface area contributed by atoms with Gasteiger partial charge in [0.1, 0.15) is 11.6 Å². The molecular weight excluding hydrogens is 252 g/mol. The summed E-state index contributed by atoms with van der Waals surface area (Å²) in [5.74, 6) is 0.254. The van der Waals surface area contributed by atoms with Crippen LogP contribution in [-0.2, 0) is 0 Å². The van der Waals surface area contributed by atoms with Crippen molar-refractivity contribution in [2.24, 2.45) is 0 Å². The van der Waals surface area contributed by atoms with Crippen LogP contribution in [0.15, 0.2) is 21.2 Å². The van der Waals surface area contributed by atoms with Gasteiger partial charge in [0.2, 0.25) is 0 Å². The average molecular weight is 262 g/mol. The molecule has 6 nitrogen and oxygen atoms in total. The second kappa shape index (κ2) is 4.58. The number of nitrogens with one attached hydrogen (secondary N) is 1. The average Bonchev–Trinajstić information content (AvgIpc) is 2.78. The molecule has 2 aromatic rings. The molecule has 0 atom stereocenters. The highest BCUT2D eigenvalue weighted by molar-refractivity contribution is 7.12. The van der Waals surface area contributed by atoms with E-state index in [0.29, 0.717) is 5.13 Å². The molecule has 1 N–H and O–H groups in total. The van der Waals surface area contributed by atoms with Crippen molar-refractivity contribution in [3.05, 3.63) is 43.7 Å². The lowest BCUT2D eigenvalue weighted by molar-refractivity contribution is 0.812. The summed E-state index contributed by atoms with van der Waals surface area (Å²) in [7, 11) is 0. The van der Waals surface area contributed by atoms with E-state index in [0.717, 1.165) is 5.69 Å². The van der Waals surface area contributed by atoms with Gasteiger partial charge in [-0.05, 0) is 5.92 Å². The van der Waals surface area contributed by atoms with Crippen LogP contribution in [0.5, 0.6) is 0 Å². The zero-order valence-electron chi connectivity index (χ0n) is 9.80. The molecule has 7 heteroatoms. The van der Waals surface area contributed by atoms with Gasteiger partial charge in [0.15, 0.2) is 5.13 Å². The first-order valence-electron chi connectivity index (χ1n) is 5.25. The lowest BCUT2D eigenvalue weighted by Gasteiger charge is -2.00. The minimum absolute atomic E-state index is 0.115. The number of aromatic amines is 1. The first-order valence-corrected chi connectivity index (χ1v) is 6.12. The van der Waals surface area contributed by atoms with Crippen molar-refractivity contribution in [3.63, 3.8) is 0 Å². The minimum atomic E-state index is -0.681. The van der Waals surface area contributed by atoms with Crippen molar-refractivity contribution in [1.29, 1.82) is 5.26 Å². The number of H-pyrrole nitrogens is 1. The molecule has 0 aliphatic carbocycles. The molecule has 0 unspecified atom stereocenters. The molecule has 0 aromatic carbocycles. The lowest BCUT2D eigenvalue weighted by Crippen LogP contribution is -2.30. The first kappa shape index (κ1) is 12.3. The third kappa shape index (κ3) is 2.10. The van der Waals surface area contributed by atoms with E-state index in [-0.39, 0.29) is 11.5 Å². The second-order valence-corrected chi connectivity index (χ2v) is 4.83. The van der Waals surface area contributed by atoms with E-state index in [2.05, 4.69) is 9.97 Å². The van der Waals surface area contributed by atoms with Gasteiger partial charge in [-0.15, -0.1) is 11.3 Å². The Morgan fingerprint density at radius 2 is 2.22 bits per heavy atom. The third-order valence-corrected chi connectivity index (χ3v) is 3.23. The summed E-state index contributed by atoms with van der Waals surface area (Å²) in [4.78, 5) is 29.3. The summed E-state index contributed by atoms with van der Waals surface area (Å²) in [6, 6.07) is 1.74. The molecule has 0 amide bonds. The van der Waals surface area contributed by atoms with Gasteiger partial charge in [-0.1, -0.05) is 13.8 Å². The van der Waals surface area contributed by atoms with Crippen LogP contribution in [0.25, 0.3) is 5.13 Å². The summed E-state index contributed by atoms with van der Waals surface area (Å²) in [5.41, 5.74) is -0.523. The Labute approximate surface area is 106 Å². The first-order chi connectivity index (χ1) is 8.52. The Balaban J connectivity index is 2.60. The molecular formula is C11H10N4O2S. The van der Waals surface area contributed by atoms with E-state index in [1.807, 2.05) is 19.2 Å². The number of nitrogens with zero attached hydrogens (tertiary/aromatic N) is 3. The predicted molar refractivity (Wildman–Crippen MR) is 67.1 cm³/mol. The number of rotatable bonds is 2. The molecule has 18 heavy (non-hydrogen) atoms. The number of hydrogen-bond donors (Lipinski definition) is 1. The van der Waals surface area contributed by atoms with Gasteiger partial charge in [0.25, 0.3) is 5.56 Å². The Morgan fingerprint density at radius 1 is 1.50 bits per heavy atom. The van der Waals surface area contributed by atoms with Gasteiger partial charge in [0.05, 0.1) is 5.69 Å². The Kier molecular flexibility index (Phi) is 3.12. The maximum Gasteiger partial charge on any atom is 0.334 e. The van der Waals surface area contributed by atoms with Crippen LogP contribution in [0, 0.1) is 11.3 Å². The van der Waals surface area contributed by atoms with Crippen molar-refractivity contribution in [3.8, 4) is 11.2 Å². The zero-order chi connectivity index (χ0) is 13.3. The summed E-state index contributed by atoms with van der Waals surface area (Å²) in [5, 5.41) is 11.1. The number of hydrogen-bond acceptors (Lipinski definition) is 5. The maximum atomic E-state index is 11.7. The molecule has 0 aliphatic rings. The Hall–Kier alpha value is -2.20. The van der Waals surface area contributed by atoms with Gasteiger partial charge < -0.3 is 0 Å². The molecule has 0 fully saturated rings. The molecule has 0 radical (unpaired) electrons. The number of thiazole rings is 1. The summed E-state index contributed by atoms with van der Waals surface area (Å²) < 4.78 is 1.18. The molecule has 0 saturated carbocycles. The lowest BCUT2D eigenvalue weighted by atomic mass is 10.2. The molecule has 92 valence electrons. The SMILES string of the molecule is CC(C)c1csc(-n2cc(C#N)c(=O)[nH]c2=O)n1. The third-order valence-electron chi connectivity index (χ3n) is 2.37. The number of aromatic nitrogens is 3. The van der Waals surface area contributed by atoms with Gasteiger partial charge in [-0.2, -0.15) is 5.26 Å². The fourth-order valence-electron chi connectivity index (χ4n) is 1.34. The zero-order valence-corrected chi connectivity index (χ0v) is 10.6. The van der Waals surface area contributed by atoms with Crippen LogP contribution in [0.4, 0.5) is 0 Å². The Bertz CT molecular complexity index is 732. The fourth-order valence-corrected chi connectivity index (χ4v) is 2.30. The molecule has 0 spiro atoms. The van der Waals surface area contributed by atoms with Crippen LogP contribution in [0.2, 0.25) is 0 Å². The van der Waals surface area contributed by atoms with Crippen LogP contribution >= 0.6 is 11.3 Å². The molecule has 0 aliphatic heterocycles. The van der Waals surface area contributed by atoms with E-state index in [1.165, 1.54) is 22.1 Å². The molecule has 2 heterocycles. The monoisotopic (exact) mass is 262 g/mol. The van der Waals surface area contributed by atoms with Crippen LogP contribution in [-0.4, -0.2) is 14.5 Å². The highest BCUT2D eigenvalue weighted by Gasteiger charge is 2.10. The van der Waals surface area contributed by atoms with Crippen molar-refractivity contribution in [1.82, 2.24) is 14.5 Å². The van der Waals surface area contributed by atoms with Crippen molar-refractivity contribution < 1.29 is 0 Å². The minimum Gasteiger partial charge on any atom is -0.272 e. The standard InChI is InChI=1S/C11H10N4O2S/c1-6(2)8-5-18-11(13-8)15-4-7(3-12)9(16)14-10(15)17/h4-6H,1-2H3,(H,14,16,17). The van der Waals surface area contributed by atoms with Crippen LogP contribution < -0.4 is 11.2 Å². The molecule has 2 aromatic heterocycles. The van der Waals surface area contributed by atoms with Crippen molar-refractivity contribution in [2.75, 3.05) is 0 Å². The number of nitriles is 1. The fraction of sp³-hybridized carbons (Fsp3) is 0.273. The highest BCUT2D eigenvalue weighted by atomic mass is 32.1. The topological polar surface area (TPSA) is 91.5 Å². The van der Waals surface area contributed by atoms with Crippen molar-refractivity contribution in [2.45, 2.75) is 19.8 Å². The smallest absolute Gasteiger partial charge is 0.272 e. The Morgan fingerprint density at radius 3 is 2.78 bits per heavy atom. The maximum absolute atomic E-state index is 11.7. The van der Waals surface area contributed by atoms with Gasteiger partial charge >= 0.3 is 5.69 Å². The van der Waals surface area contributed by atoms with E-state index >= 15 is 0 Å². The summed E-state index contributed by atoms with van der Waals surface area (Å²) in [6.45, 7) is 3.99. The molecule has 2 rings (SSSR count). The normalized spacial score (nSPS) is 10.6. The van der Waals surface area contributed by atoms with E-state index in [1.54, 1.807) is 6.07 Å². The largest absolute Gasteiger partial charge is 0.334 e. The van der Waals surface area contributed by atoms with E-state index < -0.39 is 11.2 Å². The molecule has 0 bridgehead atoms. The quantitative estimate of drug-likeness (QED) is 0.873. The summed E-state index contributed by atoms with van der Waals surface area (Å²) >= 11 is 1.29. The highest BCUT2D eigenvalue weighted by Crippen LogP contribution is 2.19. The molecule has 0 saturated heterocycles. The van der Waals surface area contributed by atoms with Gasteiger partial charge in [0, 0.05) is 11.6 Å². The van der Waals surface area contributed by atoms with Crippen molar-refractivity contribution >= 4 is 11.3 Å².